The third-order valence-electron chi connectivity index (χ3n) is 7.61. The molecule has 0 saturated heterocycles. The van der Waals surface area contributed by atoms with Gasteiger partial charge in [0.2, 0.25) is 0 Å². The maximum Gasteiger partial charge on any atom is 0.253 e. The van der Waals surface area contributed by atoms with Crippen LogP contribution in [0.3, 0.4) is 0 Å². The van der Waals surface area contributed by atoms with E-state index in [0.717, 1.165) is 49.0 Å². The Balaban J connectivity index is 1.69. The van der Waals surface area contributed by atoms with Crippen molar-refractivity contribution in [1.82, 2.24) is 35.3 Å². The summed E-state index contributed by atoms with van der Waals surface area (Å²) >= 11 is 0. The fourth-order valence-electron chi connectivity index (χ4n) is 5.18. The third-order valence-corrected chi connectivity index (χ3v) is 7.61. The summed E-state index contributed by atoms with van der Waals surface area (Å²) in [5.74, 6) is -0.486. The summed E-state index contributed by atoms with van der Waals surface area (Å²) in [4.78, 5) is 49.0. The summed E-state index contributed by atoms with van der Waals surface area (Å²) in [6, 6.07) is 11.0. The monoisotopic (exact) mass is 585 g/mol. The third kappa shape index (κ3) is 7.75. The molecule has 0 saturated carbocycles. The number of nitrogens with one attached hydrogen (secondary N) is 3. The molecule has 4 aromatic rings. The normalized spacial score (nSPS) is 12.1. The first-order valence-corrected chi connectivity index (χ1v) is 15.0. The molecule has 228 valence electrons. The number of pyridine rings is 2. The molecule has 0 aliphatic heterocycles. The molecule has 0 aliphatic rings. The predicted molar refractivity (Wildman–Crippen MR) is 170 cm³/mol. The lowest BCUT2D eigenvalue weighted by Crippen LogP contribution is -2.28. The Morgan fingerprint density at radius 3 is 2.58 bits per heavy atom. The van der Waals surface area contributed by atoms with Gasteiger partial charge in [-0.15, -0.1) is 0 Å². The van der Waals surface area contributed by atoms with E-state index in [2.05, 4.69) is 39.5 Å². The van der Waals surface area contributed by atoms with Gasteiger partial charge < -0.3 is 20.5 Å². The van der Waals surface area contributed by atoms with Crippen molar-refractivity contribution in [3.63, 3.8) is 0 Å². The molecule has 10 nitrogen and oxygen atoms in total. The van der Waals surface area contributed by atoms with Gasteiger partial charge in [0.15, 0.2) is 5.65 Å². The summed E-state index contributed by atoms with van der Waals surface area (Å²) in [5, 5.41) is 11.2. The second kappa shape index (κ2) is 14.2. The second-order valence-electron chi connectivity index (χ2n) is 11.5. The number of amides is 2. The van der Waals surface area contributed by atoms with E-state index in [-0.39, 0.29) is 30.0 Å². The lowest BCUT2D eigenvalue weighted by molar-refractivity contribution is 0.0944. The summed E-state index contributed by atoms with van der Waals surface area (Å²) < 4.78 is 1.88. The number of aryl methyl sites for hydroxylation is 2. The molecule has 0 bridgehead atoms. The van der Waals surface area contributed by atoms with Crippen molar-refractivity contribution in [2.45, 2.75) is 66.0 Å². The number of rotatable bonds is 13. The van der Waals surface area contributed by atoms with Crippen LogP contribution in [0.4, 0.5) is 0 Å². The Labute approximate surface area is 252 Å². The molecular formula is C33H43N7O3. The molecule has 3 aromatic heterocycles. The van der Waals surface area contributed by atoms with Crippen molar-refractivity contribution >= 4 is 22.8 Å². The van der Waals surface area contributed by atoms with Crippen LogP contribution in [0.15, 0.2) is 47.4 Å². The SMILES string of the molecule is CCCCC(C)n1ncc2c(C(=O)NCc3c(C)cc(C)[nH]c3=O)cc(-c3cccc(C(=O)NCCCN(C)C)c3)nc21. The van der Waals surface area contributed by atoms with E-state index < -0.39 is 0 Å². The number of benzene rings is 1. The maximum absolute atomic E-state index is 13.7. The smallest absolute Gasteiger partial charge is 0.253 e. The molecule has 2 amide bonds. The Bertz CT molecular complexity index is 1650. The van der Waals surface area contributed by atoms with E-state index in [1.807, 2.05) is 50.8 Å². The average molecular weight is 586 g/mol. The lowest BCUT2D eigenvalue weighted by atomic mass is 10.0. The minimum atomic E-state index is -0.330. The van der Waals surface area contributed by atoms with Gasteiger partial charge in [0.1, 0.15) is 0 Å². The first-order valence-electron chi connectivity index (χ1n) is 15.0. The van der Waals surface area contributed by atoms with E-state index in [0.29, 0.717) is 40.0 Å². The first-order chi connectivity index (χ1) is 20.6. The summed E-state index contributed by atoms with van der Waals surface area (Å²) in [6.45, 7) is 9.49. The van der Waals surface area contributed by atoms with Crippen LogP contribution < -0.4 is 16.2 Å². The van der Waals surface area contributed by atoms with E-state index in [1.165, 1.54) is 0 Å². The van der Waals surface area contributed by atoms with Gasteiger partial charge in [0.05, 0.1) is 28.9 Å². The van der Waals surface area contributed by atoms with Crippen molar-refractivity contribution < 1.29 is 9.59 Å². The topological polar surface area (TPSA) is 125 Å². The van der Waals surface area contributed by atoms with Gasteiger partial charge >= 0.3 is 0 Å². The highest BCUT2D eigenvalue weighted by Crippen LogP contribution is 2.28. The van der Waals surface area contributed by atoms with E-state index >= 15 is 0 Å². The van der Waals surface area contributed by atoms with Gasteiger partial charge in [0, 0.05) is 35.5 Å². The highest BCUT2D eigenvalue weighted by atomic mass is 16.2. The number of unbranched alkanes of at least 4 members (excludes halogenated alkanes) is 1. The van der Waals surface area contributed by atoms with Crippen LogP contribution in [-0.2, 0) is 6.54 Å². The van der Waals surface area contributed by atoms with E-state index in [9.17, 15) is 14.4 Å². The number of hydrogen-bond acceptors (Lipinski definition) is 6. The fraction of sp³-hybridized carbons (Fsp3) is 0.424. The van der Waals surface area contributed by atoms with Crippen LogP contribution in [0.25, 0.3) is 22.3 Å². The van der Waals surface area contributed by atoms with Gasteiger partial charge in [-0.25, -0.2) is 9.67 Å². The number of fused-ring (bicyclic) bond motifs is 1. The second-order valence-corrected chi connectivity index (χ2v) is 11.5. The number of nitrogens with zero attached hydrogens (tertiary/aromatic N) is 4. The first kappa shape index (κ1) is 31.6. The molecule has 0 aliphatic carbocycles. The minimum Gasteiger partial charge on any atom is -0.352 e. The molecule has 3 heterocycles. The maximum atomic E-state index is 13.7. The fourth-order valence-corrected chi connectivity index (χ4v) is 5.18. The molecule has 0 spiro atoms. The highest BCUT2D eigenvalue weighted by molar-refractivity contribution is 6.06. The van der Waals surface area contributed by atoms with Crippen molar-refractivity contribution in [1.29, 1.82) is 0 Å². The summed E-state index contributed by atoms with van der Waals surface area (Å²) in [5.41, 5.74) is 4.70. The Hall–Kier alpha value is -4.31. The minimum absolute atomic E-state index is 0.0872. The van der Waals surface area contributed by atoms with Crippen molar-refractivity contribution in [3.05, 3.63) is 80.9 Å². The zero-order valence-electron chi connectivity index (χ0n) is 26.1. The number of carbonyl (C=O) groups excluding carboxylic acids is 2. The molecular weight excluding hydrogens is 542 g/mol. The zero-order chi connectivity index (χ0) is 31.1. The average Bonchev–Trinajstić information content (AvgIpc) is 3.41. The molecule has 1 atom stereocenters. The highest BCUT2D eigenvalue weighted by Gasteiger charge is 2.21. The Kier molecular flexibility index (Phi) is 10.5. The molecule has 4 rings (SSSR count). The van der Waals surface area contributed by atoms with Crippen LogP contribution in [0.2, 0.25) is 0 Å². The van der Waals surface area contributed by atoms with Crippen molar-refractivity contribution in [2.24, 2.45) is 0 Å². The summed E-state index contributed by atoms with van der Waals surface area (Å²) in [7, 11) is 4.01. The molecule has 3 N–H and O–H groups in total. The molecule has 10 heteroatoms. The molecule has 1 aromatic carbocycles. The number of aromatic amines is 1. The van der Waals surface area contributed by atoms with Gasteiger partial charge in [-0.2, -0.15) is 5.10 Å². The largest absolute Gasteiger partial charge is 0.352 e. The van der Waals surface area contributed by atoms with Gasteiger partial charge in [-0.1, -0.05) is 31.9 Å². The number of aromatic nitrogens is 4. The lowest BCUT2D eigenvalue weighted by Gasteiger charge is -2.14. The van der Waals surface area contributed by atoms with E-state index in [1.54, 1.807) is 24.4 Å². The van der Waals surface area contributed by atoms with Crippen LogP contribution in [-0.4, -0.2) is 63.6 Å². The quantitative estimate of drug-likeness (QED) is 0.194. The van der Waals surface area contributed by atoms with Crippen LogP contribution in [0.1, 0.15) is 83.1 Å². The molecule has 43 heavy (non-hydrogen) atoms. The van der Waals surface area contributed by atoms with Crippen molar-refractivity contribution in [3.8, 4) is 11.3 Å². The predicted octanol–water partition coefficient (Wildman–Crippen LogP) is 4.77. The molecule has 0 fully saturated rings. The van der Waals surface area contributed by atoms with E-state index in [4.69, 9.17) is 4.98 Å². The van der Waals surface area contributed by atoms with Crippen LogP contribution in [0.5, 0.6) is 0 Å². The van der Waals surface area contributed by atoms with Crippen molar-refractivity contribution in [2.75, 3.05) is 27.2 Å². The van der Waals surface area contributed by atoms with Crippen LogP contribution >= 0.6 is 0 Å². The number of H-pyrrole nitrogens is 1. The van der Waals surface area contributed by atoms with Gasteiger partial charge in [0.25, 0.3) is 17.4 Å². The molecule has 0 radical (unpaired) electrons. The van der Waals surface area contributed by atoms with Gasteiger partial charge in [-0.3, -0.25) is 14.4 Å². The van der Waals surface area contributed by atoms with Gasteiger partial charge in [-0.05, 0) is 84.1 Å². The van der Waals surface area contributed by atoms with Crippen LogP contribution in [0, 0.1) is 13.8 Å². The molecule has 1 unspecified atom stereocenters. The summed E-state index contributed by atoms with van der Waals surface area (Å²) in [6.07, 6.45) is 5.58. The zero-order valence-corrected chi connectivity index (χ0v) is 26.1. The Morgan fingerprint density at radius 2 is 1.86 bits per heavy atom. The standard InChI is InChI=1S/C33H43N7O3/c1-7-8-11-23(4)40-30-28(20-36-40)26(32(42)35-19-27-21(2)16-22(3)37-33(27)43)18-29(38-30)24-12-9-13-25(17-24)31(41)34-14-10-15-39(5)6/h9,12-13,16-18,20,23H,7-8,10-11,14-15,19H2,1-6H3,(H,34,41)(H,35,42)(H,37,43). The Morgan fingerprint density at radius 1 is 1.07 bits per heavy atom. The number of hydrogen-bond donors (Lipinski definition) is 3. The number of carbonyl (C=O) groups is 2.